The summed E-state index contributed by atoms with van der Waals surface area (Å²) in [6.45, 7) is 5.68. The predicted molar refractivity (Wildman–Crippen MR) is 79.3 cm³/mol. The zero-order valence-electron chi connectivity index (χ0n) is 11.6. The quantitative estimate of drug-likeness (QED) is 0.727. The van der Waals surface area contributed by atoms with Gasteiger partial charge in [-0.25, -0.2) is 4.68 Å². The number of rotatable bonds is 7. The molecular weight excluding hydrogens is 322 g/mol. The maximum atomic E-state index is 5.50. The van der Waals surface area contributed by atoms with Crippen LogP contribution in [0.5, 0.6) is 0 Å². The molecule has 108 valence electrons. The van der Waals surface area contributed by atoms with Crippen LogP contribution in [-0.2, 0) is 16.0 Å². The van der Waals surface area contributed by atoms with Crippen molar-refractivity contribution < 1.29 is 9.47 Å². The summed E-state index contributed by atoms with van der Waals surface area (Å²) in [4.78, 5) is 0. The van der Waals surface area contributed by atoms with Crippen LogP contribution in [-0.4, -0.2) is 28.2 Å². The zero-order chi connectivity index (χ0) is 14.4. The summed E-state index contributed by atoms with van der Waals surface area (Å²) in [5.74, 6) is 0. The second-order valence-electron chi connectivity index (χ2n) is 4.21. The minimum absolute atomic E-state index is 0.441. The van der Waals surface area contributed by atoms with Crippen molar-refractivity contribution in [3.05, 3.63) is 46.2 Å². The van der Waals surface area contributed by atoms with Gasteiger partial charge in [0.15, 0.2) is 0 Å². The van der Waals surface area contributed by atoms with Gasteiger partial charge in [0.25, 0.3) is 0 Å². The minimum Gasteiger partial charge on any atom is -0.347 e. The molecule has 5 nitrogen and oxygen atoms in total. The first-order valence-corrected chi connectivity index (χ1v) is 7.40. The molecule has 0 amide bonds. The number of ether oxygens (including phenoxy) is 2. The molecule has 2 rings (SSSR count). The molecule has 0 saturated heterocycles. The molecular formula is C14H18BrN3O2. The normalized spacial score (nSPS) is 11.2. The van der Waals surface area contributed by atoms with Gasteiger partial charge in [0.1, 0.15) is 5.69 Å². The van der Waals surface area contributed by atoms with Crippen molar-refractivity contribution in [1.82, 2.24) is 15.0 Å². The highest BCUT2D eigenvalue weighted by atomic mass is 79.9. The molecule has 1 heterocycles. The molecule has 0 bridgehead atoms. The van der Waals surface area contributed by atoms with E-state index in [1.807, 2.05) is 44.3 Å². The Labute approximate surface area is 127 Å². The number of benzene rings is 1. The highest BCUT2D eigenvalue weighted by Crippen LogP contribution is 2.16. The Morgan fingerprint density at radius 1 is 1.15 bits per heavy atom. The average molecular weight is 340 g/mol. The highest BCUT2D eigenvalue weighted by Gasteiger charge is 2.15. The molecule has 0 radical (unpaired) electrons. The summed E-state index contributed by atoms with van der Waals surface area (Å²) < 4.78 is 13.9. The van der Waals surface area contributed by atoms with E-state index in [1.54, 1.807) is 4.68 Å². The summed E-state index contributed by atoms with van der Waals surface area (Å²) in [6, 6.07) is 8.12. The molecule has 2 aromatic rings. The van der Waals surface area contributed by atoms with E-state index in [0.717, 1.165) is 10.0 Å². The molecule has 0 unspecified atom stereocenters. The predicted octanol–water partition coefficient (Wildman–Crippen LogP) is 3.16. The van der Waals surface area contributed by atoms with Crippen molar-refractivity contribution >= 4 is 15.9 Å². The van der Waals surface area contributed by atoms with Crippen molar-refractivity contribution in [2.75, 3.05) is 13.2 Å². The Morgan fingerprint density at radius 3 is 2.40 bits per heavy atom. The first-order chi connectivity index (χ1) is 9.72. The fraction of sp³-hybridized carbons (Fsp3) is 0.429. The topological polar surface area (TPSA) is 49.2 Å². The molecule has 1 aromatic carbocycles. The smallest absolute Gasteiger partial charge is 0.204 e. The van der Waals surface area contributed by atoms with Crippen LogP contribution >= 0.6 is 15.9 Å². The number of hydrogen-bond donors (Lipinski definition) is 0. The second kappa shape index (κ2) is 7.52. The Kier molecular flexibility index (Phi) is 5.70. The van der Waals surface area contributed by atoms with Crippen molar-refractivity contribution in [3.63, 3.8) is 0 Å². The zero-order valence-corrected chi connectivity index (χ0v) is 13.2. The van der Waals surface area contributed by atoms with E-state index in [2.05, 4.69) is 26.2 Å². The van der Waals surface area contributed by atoms with E-state index in [4.69, 9.17) is 9.47 Å². The van der Waals surface area contributed by atoms with E-state index in [0.29, 0.717) is 25.5 Å². The lowest BCUT2D eigenvalue weighted by Crippen LogP contribution is -2.09. The van der Waals surface area contributed by atoms with Crippen molar-refractivity contribution in [1.29, 1.82) is 0 Å². The van der Waals surface area contributed by atoms with Gasteiger partial charge in [0.05, 0.1) is 12.7 Å². The van der Waals surface area contributed by atoms with Gasteiger partial charge in [0, 0.05) is 17.7 Å². The summed E-state index contributed by atoms with van der Waals surface area (Å²) in [6.07, 6.45) is 1.42. The summed E-state index contributed by atoms with van der Waals surface area (Å²) >= 11 is 3.42. The Bertz CT molecular complexity index is 521. The molecule has 0 atom stereocenters. The number of nitrogens with zero attached hydrogens (tertiary/aromatic N) is 3. The lowest BCUT2D eigenvalue weighted by molar-refractivity contribution is -0.142. The van der Waals surface area contributed by atoms with Crippen LogP contribution in [0.1, 0.15) is 31.4 Å². The molecule has 0 N–H and O–H groups in total. The molecule has 0 fully saturated rings. The molecule has 0 aliphatic heterocycles. The van der Waals surface area contributed by atoms with E-state index in [1.165, 1.54) is 0 Å². The molecule has 6 heteroatoms. The first kappa shape index (κ1) is 15.2. The Hall–Kier alpha value is -1.24. The molecule has 20 heavy (non-hydrogen) atoms. The van der Waals surface area contributed by atoms with Crippen molar-refractivity contribution in [2.45, 2.75) is 26.7 Å². The third-order valence-corrected chi connectivity index (χ3v) is 3.22. The Balaban J connectivity index is 2.05. The monoisotopic (exact) mass is 339 g/mol. The SMILES string of the molecule is CCOC(OCC)c1cn(Cc2ccc(Br)cc2)nn1. The van der Waals surface area contributed by atoms with Gasteiger partial charge in [-0.3, -0.25) is 0 Å². The number of aromatic nitrogens is 3. The second-order valence-corrected chi connectivity index (χ2v) is 5.13. The van der Waals surface area contributed by atoms with Gasteiger partial charge in [-0.05, 0) is 31.5 Å². The largest absolute Gasteiger partial charge is 0.347 e. The number of halogens is 1. The third-order valence-electron chi connectivity index (χ3n) is 2.69. The first-order valence-electron chi connectivity index (χ1n) is 6.60. The van der Waals surface area contributed by atoms with E-state index in [9.17, 15) is 0 Å². The molecule has 0 aliphatic carbocycles. The number of hydrogen-bond acceptors (Lipinski definition) is 4. The van der Waals surface area contributed by atoms with Crippen LogP contribution in [0.3, 0.4) is 0 Å². The molecule has 1 aromatic heterocycles. The van der Waals surface area contributed by atoms with Gasteiger partial charge in [-0.15, -0.1) is 5.10 Å². The van der Waals surface area contributed by atoms with E-state index in [-0.39, 0.29) is 0 Å². The van der Waals surface area contributed by atoms with E-state index >= 15 is 0 Å². The van der Waals surface area contributed by atoms with Crippen molar-refractivity contribution in [2.24, 2.45) is 0 Å². The fourth-order valence-electron chi connectivity index (χ4n) is 1.80. The third kappa shape index (κ3) is 4.13. The summed E-state index contributed by atoms with van der Waals surface area (Å²) in [5, 5.41) is 8.24. The fourth-order valence-corrected chi connectivity index (χ4v) is 2.06. The van der Waals surface area contributed by atoms with Gasteiger partial charge >= 0.3 is 0 Å². The molecule has 0 aliphatic rings. The summed E-state index contributed by atoms with van der Waals surface area (Å²) in [5.41, 5.74) is 1.86. The maximum absolute atomic E-state index is 5.50. The minimum atomic E-state index is -0.441. The van der Waals surface area contributed by atoms with Gasteiger partial charge in [0.2, 0.25) is 6.29 Å². The lowest BCUT2D eigenvalue weighted by atomic mass is 10.2. The van der Waals surface area contributed by atoms with Crippen LogP contribution < -0.4 is 0 Å². The van der Waals surface area contributed by atoms with Crippen LogP contribution in [0.4, 0.5) is 0 Å². The average Bonchev–Trinajstić information content (AvgIpc) is 2.90. The summed E-state index contributed by atoms with van der Waals surface area (Å²) in [7, 11) is 0. The van der Waals surface area contributed by atoms with Gasteiger partial charge in [-0.2, -0.15) is 0 Å². The molecule has 0 saturated carbocycles. The standard InChI is InChI=1S/C14H18BrN3O2/c1-3-19-14(20-4-2)13-10-18(17-16-13)9-11-5-7-12(15)8-6-11/h5-8,10,14H,3-4,9H2,1-2H3. The highest BCUT2D eigenvalue weighted by molar-refractivity contribution is 9.10. The molecule has 0 spiro atoms. The van der Waals surface area contributed by atoms with Crippen LogP contribution in [0.25, 0.3) is 0 Å². The van der Waals surface area contributed by atoms with Gasteiger partial charge < -0.3 is 9.47 Å². The van der Waals surface area contributed by atoms with Crippen LogP contribution in [0.2, 0.25) is 0 Å². The lowest BCUT2D eigenvalue weighted by Gasteiger charge is -2.13. The Morgan fingerprint density at radius 2 is 1.80 bits per heavy atom. The van der Waals surface area contributed by atoms with Crippen LogP contribution in [0, 0.1) is 0 Å². The van der Waals surface area contributed by atoms with Crippen LogP contribution in [0.15, 0.2) is 34.9 Å². The van der Waals surface area contributed by atoms with Gasteiger partial charge in [-0.1, -0.05) is 33.3 Å². The maximum Gasteiger partial charge on any atom is 0.204 e. The van der Waals surface area contributed by atoms with E-state index < -0.39 is 6.29 Å². The van der Waals surface area contributed by atoms with Crippen molar-refractivity contribution in [3.8, 4) is 0 Å².